The number of hydrogen-bond donors (Lipinski definition) is 1. The number of likely N-dealkylation sites (tertiary alicyclic amines) is 1. The average molecular weight is 334 g/mol. The van der Waals surface area contributed by atoms with Crippen LogP contribution in [0.25, 0.3) is 0 Å². The lowest BCUT2D eigenvalue weighted by atomic mass is 10.1. The molecular weight excluding hydrogens is 310 g/mol. The highest BCUT2D eigenvalue weighted by atomic mass is 35.5. The van der Waals surface area contributed by atoms with Crippen LogP contribution in [0.1, 0.15) is 18.1 Å². The van der Waals surface area contributed by atoms with Crippen molar-refractivity contribution in [1.82, 2.24) is 9.88 Å². The quantitative estimate of drug-likeness (QED) is 0.931. The number of rotatable bonds is 4. The summed E-state index contributed by atoms with van der Waals surface area (Å²) >= 11 is 0. The fourth-order valence-corrected chi connectivity index (χ4v) is 2.94. The molecule has 5 heteroatoms. The summed E-state index contributed by atoms with van der Waals surface area (Å²) in [5.41, 5.74) is 8.53. The van der Waals surface area contributed by atoms with Crippen molar-refractivity contribution in [3.8, 4) is 11.5 Å². The molecule has 0 spiro atoms. The van der Waals surface area contributed by atoms with E-state index in [2.05, 4.69) is 35.9 Å². The van der Waals surface area contributed by atoms with Gasteiger partial charge in [-0.15, -0.1) is 12.4 Å². The van der Waals surface area contributed by atoms with Crippen molar-refractivity contribution in [3.05, 3.63) is 53.9 Å². The third-order valence-electron chi connectivity index (χ3n) is 4.25. The van der Waals surface area contributed by atoms with Crippen LogP contribution in [0.2, 0.25) is 0 Å². The molecule has 1 aliphatic rings. The summed E-state index contributed by atoms with van der Waals surface area (Å²) in [6, 6.07) is 10.4. The van der Waals surface area contributed by atoms with Crippen LogP contribution in [0.3, 0.4) is 0 Å². The molecule has 2 unspecified atom stereocenters. The molecule has 1 saturated heterocycles. The number of aryl methyl sites for hydroxylation is 1. The van der Waals surface area contributed by atoms with Gasteiger partial charge in [0, 0.05) is 31.9 Å². The van der Waals surface area contributed by atoms with Crippen molar-refractivity contribution in [2.45, 2.75) is 26.4 Å². The van der Waals surface area contributed by atoms with Crippen molar-refractivity contribution >= 4 is 12.4 Å². The van der Waals surface area contributed by atoms with Crippen molar-refractivity contribution in [1.29, 1.82) is 0 Å². The Balaban J connectivity index is 0.00000192. The van der Waals surface area contributed by atoms with Gasteiger partial charge in [-0.1, -0.05) is 19.1 Å². The van der Waals surface area contributed by atoms with Gasteiger partial charge < -0.3 is 10.5 Å². The summed E-state index contributed by atoms with van der Waals surface area (Å²) in [6.45, 7) is 7.31. The SMILES string of the molecule is Cc1cc(CN2CC(C)C(N)C2)ccc1Oc1cccnc1.Cl. The van der Waals surface area contributed by atoms with Crippen LogP contribution < -0.4 is 10.5 Å². The molecule has 0 bridgehead atoms. The smallest absolute Gasteiger partial charge is 0.145 e. The highest BCUT2D eigenvalue weighted by Crippen LogP contribution is 2.26. The zero-order valence-electron chi connectivity index (χ0n) is 13.6. The Hall–Kier alpha value is -1.62. The molecule has 2 N–H and O–H groups in total. The normalized spacial score (nSPS) is 21.0. The van der Waals surface area contributed by atoms with Gasteiger partial charge in [-0.25, -0.2) is 0 Å². The molecule has 2 aromatic rings. The predicted octanol–water partition coefficient (Wildman–Crippen LogP) is 3.38. The first kappa shape index (κ1) is 17.7. The van der Waals surface area contributed by atoms with Gasteiger partial charge in [0.05, 0.1) is 6.20 Å². The second-order valence-corrected chi connectivity index (χ2v) is 6.23. The number of benzene rings is 1. The number of nitrogens with zero attached hydrogens (tertiary/aromatic N) is 2. The third kappa shape index (κ3) is 4.44. The minimum absolute atomic E-state index is 0. The van der Waals surface area contributed by atoms with Crippen LogP contribution in [-0.2, 0) is 6.54 Å². The van der Waals surface area contributed by atoms with Crippen LogP contribution in [0.4, 0.5) is 0 Å². The maximum atomic E-state index is 6.09. The molecule has 2 atom stereocenters. The van der Waals surface area contributed by atoms with E-state index >= 15 is 0 Å². The highest BCUT2D eigenvalue weighted by Gasteiger charge is 2.26. The molecule has 23 heavy (non-hydrogen) atoms. The van der Waals surface area contributed by atoms with E-state index in [1.807, 2.05) is 18.2 Å². The molecule has 124 valence electrons. The molecule has 1 aliphatic heterocycles. The second kappa shape index (κ2) is 7.77. The number of nitrogens with two attached hydrogens (primary N) is 1. The Morgan fingerprint density at radius 3 is 2.74 bits per heavy atom. The Kier molecular flexibility index (Phi) is 5.99. The highest BCUT2D eigenvalue weighted by molar-refractivity contribution is 5.85. The van der Waals surface area contributed by atoms with Crippen molar-refractivity contribution in [3.63, 3.8) is 0 Å². The molecule has 0 aliphatic carbocycles. The molecule has 0 radical (unpaired) electrons. The Labute approximate surface area is 144 Å². The molecule has 2 heterocycles. The van der Waals surface area contributed by atoms with Gasteiger partial charge in [-0.2, -0.15) is 0 Å². The standard InChI is InChI=1S/C18H23N3O.ClH/c1-13-8-15(11-21-10-14(2)17(19)12-21)5-6-18(13)22-16-4-3-7-20-9-16;/h3-9,14,17H,10-12,19H2,1-2H3;1H. The Morgan fingerprint density at radius 2 is 2.13 bits per heavy atom. The summed E-state index contributed by atoms with van der Waals surface area (Å²) < 4.78 is 5.87. The van der Waals surface area contributed by atoms with E-state index in [1.54, 1.807) is 12.4 Å². The van der Waals surface area contributed by atoms with E-state index in [0.717, 1.165) is 36.7 Å². The summed E-state index contributed by atoms with van der Waals surface area (Å²) in [7, 11) is 0. The first-order chi connectivity index (χ1) is 10.6. The fourth-order valence-electron chi connectivity index (χ4n) is 2.94. The van der Waals surface area contributed by atoms with Gasteiger partial charge in [-0.3, -0.25) is 9.88 Å². The monoisotopic (exact) mass is 333 g/mol. The first-order valence-corrected chi connectivity index (χ1v) is 7.77. The lowest BCUT2D eigenvalue weighted by Gasteiger charge is -2.16. The van der Waals surface area contributed by atoms with Crippen molar-refractivity contribution in [2.75, 3.05) is 13.1 Å². The zero-order valence-corrected chi connectivity index (χ0v) is 14.4. The van der Waals surface area contributed by atoms with Crippen LogP contribution >= 0.6 is 12.4 Å². The second-order valence-electron chi connectivity index (χ2n) is 6.23. The van der Waals surface area contributed by atoms with E-state index in [4.69, 9.17) is 10.5 Å². The zero-order chi connectivity index (χ0) is 15.5. The third-order valence-corrected chi connectivity index (χ3v) is 4.25. The maximum Gasteiger partial charge on any atom is 0.145 e. The minimum Gasteiger partial charge on any atom is -0.455 e. The molecule has 4 nitrogen and oxygen atoms in total. The predicted molar refractivity (Wildman–Crippen MR) is 95.2 cm³/mol. The van der Waals surface area contributed by atoms with E-state index < -0.39 is 0 Å². The first-order valence-electron chi connectivity index (χ1n) is 7.77. The fraction of sp³-hybridized carbons (Fsp3) is 0.389. The molecule has 0 saturated carbocycles. The van der Waals surface area contributed by atoms with E-state index in [0.29, 0.717) is 12.0 Å². The van der Waals surface area contributed by atoms with E-state index in [9.17, 15) is 0 Å². The Morgan fingerprint density at radius 1 is 1.30 bits per heavy atom. The van der Waals surface area contributed by atoms with Crippen LogP contribution in [0, 0.1) is 12.8 Å². The summed E-state index contributed by atoms with van der Waals surface area (Å²) in [6.07, 6.45) is 3.46. The van der Waals surface area contributed by atoms with Gasteiger partial charge in [0.1, 0.15) is 11.5 Å². The average Bonchev–Trinajstić information content (AvgIpc) is 2.81. The van der Waals surface area contributed by atoms with Gasteiger partial charge in [0.25, 0.3) is 0 Å². The molecule has 1 aromatic carbocycles. The molecular formula is C18H24ClN3O. The number of halogens is 1. The molecule has 1 aromatic heterocycles. The Bertz CT molecular complexity index is 625. The van der Waals surface area contributed by atoms with Crippen molar-refractivity contribution < 1.29 is 4.74 Å². The lowest BCUT2D eigenvalue weighted by molar-refractivity contribution is 0.318. The topological polar surface area (TPSA) is 51.4 Å². The van der Waals surface area contributed by atoms with Gasteiger partial charge in [0.2, 0.25) is 0 Å². The molecule has 0 amide bonds. The number of aromatic nitrogens is 1. The van der Waals surface area contributed by atoms with Crippen LogP contribution in [0.5, 0.6) is 11.5 Å². The summed E-state index contributed by atoms with van der Waals surface area (Å²) in [5, 5.41) is 0. The van der Waals surface area contributed by atoms with Gasteiger partial charge >= 0.3 is 0 Å². The van der Waals surface area contributed by atoms with Crippen LogP contribution in [0.15, 0.2) is 42.7 Å². The lowest BCUT2D eigenvalue weighted by Crippen LogP contribution is -2.28. The van der Waals surface area contributed by atoms with Crippen molar-refractivity contribution in [2.24, 2.45) is 11.7 Å². The number of ether oxygens (including phenoxy) is 1. The van der Waals surface area contributed by atoms with Gasteiger partial charge in [-0.05, 0) is 42.2 Å². The van der Waals surface area contributed by atoms with E-state index in [-0.39, 0.29) is 12.4 Å². The van der Waals surface area contributed by atoms with E-state index in [1.165, 1.54) is 5.56 Å². The summed E-state index contributed by atoms with van der Waals surface area (Å²) in [5.74, 6) is 2.22. The minimum atomic E-state index is 0. The molecule has 1 fully saturated rings. The molecule has 3 rings (SSSR count). The summed E-state index contributed by atoms with van der Waals surface area (Å²) in [4.78, 5) is 6.49. The van der Waals surface area contributed by atoms with Crippen LogP contribution in [-0.4, -0.2) is 29.0 Å². The number of hydrogen-bond acceptors (Lipinski definition) is 4. The van der Waals surface area contributed by atoms with Gasteiger partial charge in [0.15, 0.2) is 0 Å². The largest absolute Gasteiger partial charge is 0.455 e. The number of pyridine rings is 1. The maximum absolute atomic E-state index is 6.09.